The summed E-state index contributed by atoms with van der Waals surface area (Å²) in [7, 11) is 0. The molecule has 4 aromatic rings. The van der Waals surface area contributed by atoms with Crippen molar-refractivity contribution in [3.63, 3.8) is 0 Å². The number of rotatable bonds is 5. The fourth-order valence-electron chi connectivity index (χ4n) is 3.19. The van der Waals surface area contributed by atoms with Gasteiger partial charge in [0.15, 0.2) is 0 Å². The number of Topliss-reactive ketones (excluding diaryl/α,β-unsaturated/α-hetero) is 1. The number of hydrogen-bond acceptors (Lipinski definition) is 4. The molecule has 0 fully saturated rings. The van der Waals surface area contributed by atoms with Crippen molar-refractivity contribution in [3.05, 3.63) is 76.7 Å². The Hall–Kier alpha value is -3.21. The van der Waals surface area contributed by atoms with E-state index in [4.69, 9.17) is 4.42 Å². The van der Waals surface area contributed by atoms with Gasteiger partial charge in [0.1, 0.15) is 11.6 Å². The van der Waals surface area contributed by atoms with Gasteiger partial charge in [-0.05, 0) is 49.6 Å². The van der Waals surface area contributed by atoms with Gasteiger partial charge in [-0.3, -0.25) is 4.79 Å². The molecule has 2 aromatic heterocycles. The lowest BCUT2D eigenvalue weighted by Crippen LogP contribution is -2.08. The van der Waals surface area contributed by atoms with Gasteiger partial charge in [0.2, 0.25) is 11.6 Å². The van der Waals surface area contributed by atoms with Gasteiger partial charge in [-0.25, -0.2) is 4.98 Å². The maximum absolute atomic E-state index is 12.5. The molecule has 0 spiro atoms. The quantitative estimate of drug-likeness (QED) is 0.534. The molecule has 2 aromatic carbocycles. The van der Waals surface area contributed by atoms with E-state index < -0.39 is 0 Å². The van der Waals surface area contributed by atoms with Crippen LogP contribution in [0.25, 0.3) is 17.2 Å². The Bertz CT molecular complexity index is 1120. The van der Waals surface area contributed by atoms with Gasteiger partial charge in [-0.2, -0.15) is 4.52 Å². The first-order chi connectivity index (χ1) is 13.0. The summed E-state index contributed by atoms with van der Waals surface area (Å²) in [4.78, 5) is 16.6. The van der Waals surface area contributed by atoms with Crippen LogP contribution in [0.4, 0.5) is 0 Å². The van der Waals surface area contributed by atoms with Crippen molar-refractivity contribution < 1.29 is 9.21 Å². The normalized spacial score (nSPS) is 11.2. The number of imidazole rings is 1. The smallest absolute Gasteiger partial charge is 0.246 e. The van der Waals surface area contributed by atoms with Crippen LogP contribution in [0, 0.1) is 20.8 Å². The maximum atomic E-state index is 12.5. The molecular weight excluding hydrogens is 338 g/mol. The number of aryl methyl sites for hydroxylation is 3. The van der Waals surface area contributed by atoms with E-state index >= 15 is 0 Å². The second-order valence-electron chi connectivity index (χ2n) is 6.98. The number of benzene rings is 2. The van der Waals surface area contributed by atoms with Crippen LogP contribution >= 0.6 is 0 Å². The summed E-state index contributed by atoms with van der Waals surface area (Å²) in [5.74, 6) is 1.54. The van der Waals surface area contributed by atoms with Crippen molar-refractivity contribution in [3.8, 4) is 11.5 Å². The fraction of sp³-hybridized carbons (Fsp3) is 0.227. The van der Waals surface area contributed by atoms with Crippen molar-refractivity contribution in [2.75, 3.05) is 0 Å². The molecule has 5 heteroatoms. The summed E-state index contributed by atoms with van der Waals surface area (Å²) in [6.07, 6.45) is 2.54. The highest BCUT2D eigenvalue weighted by Gasteiger charge is 2.12. The van der Waals surface area contributed by atoms with E-state index in [1.54, 1.807) is 10.7 Å². The van der Waals surface area contributed by atoms with E-state index in [0.717, 1.165) is 28.1 Å². The highest BCUT2D eigenvalue weighted by atomic mass is 16.4. The molecule has 0 unspecified atom stereocenters. The van der Waals surface area contributed by atoms with E-state index in [1.807, 2.05) is 45.0 Å². The summed E-state index contributed by atoms with van der Waals surface area (Å²) in [6.45, 7) is 5.98. The van der Waals surface area contributed by atoms with Gasteiger partial charge in [0.25, 0.3) is 0 Å². The number of nitrogens with zero attached hydrogens (tertiary/aromatic N) is 3. The minimum atomic E-state index is 0.212. The van der Waals surface area contributed by atoms with Gasteiger partial charge in [0.05, 0.1) is 6.20 Å². The number of carbonyl (C=O) groups excluding carboxylic acids is 1. The van der Waals surface area contributed by atoms with E-state index in [9.17, 15) is 4.79 Å². The number of fused-ring (bicyclic) bond motifs is 1. The number of aromatic nitrogens is 3. The first-order valence-corrected chi connectivity index (χ1v) is 8.98. The molecule has 0 radical (unpaired) electrons. The monoisotopic (exact) mass is 359 g/mol. The molecule has 4 rings (SSSR count). The second-order valence-corrected chi connectivity index (χ2v) is 6.98. The van der Waals surface area contributed by atoms with Gasteiger partial charge in [-0.15, -0.1) is 5.10 Å². The molecule has 0 saturated heterocycles. The fourth-order valence-corrected chi connectivity index (χ4v) is 3.19. The number of ketones is 1. The Labute approximate surface area is 157 Å². The zero-order valence-corrected chi connectivity index (χ0v) is 15.7. The summed E-state index contributed by atoms with van der Waals surface area (Å²) in [5, 5.41) is 4.43. The third kappa shape index (κ3) is 3.53. The van der Waals surface area contributed by atoms with Crippen LogP contribution in [0.3, 0.4) is 0 Å². The maximum Gasteiger partial charge on any atom is 0.246 e. The molecule has 0 aliphatic rings. The molecule has 0 aliphatic heterocycles. The van der Waals surface area contributed by atoms with E-state index in [-0.39, 0.29) is 5.78 Å². The zero-order chi connectivity index (χ0) is 19.0. The van der Waals surface area contributed by atoms with Gasteiger partial charge < -0.3 is 4.42 Å². The SMILES string of the molecule is Cc1ccc(C)c(CC(=O)Cc2ccc(-c3nn4c(C)ncc4o3)cc2)c1. The molecule has 0 bridgehead atoms. The summed E-state index contributed by atoms with van der Waals surface area (Å²) >= 11 is 0. The second kappa shape index (κ2) is 6.83. The van der Waals surface area contributed by atoms with Crippen LogP contribution in [0.15, 0.2) is 53.1 Å². The first kappa shape index (κ1) is 17.2. The van der Waals surface area contributed by atoms with Crippen molar-refractivity contribution >= 4 is 11.5 Å². The predicted molar refractivity (Wildman–Crippen MR) is 104 cm³/mol. The largest absolute Gasteiger partial charge is 0.417 e. The third-order valence-corrected chi connectivity index (χ3v) is 4.76. The Morgan fingerprint density at radius 1 is 1.04 bits per heavy atom. The van der Waals surface area contributed by atoms with Crippen LogP contribution in [-0.4, -0.2) is 20.4 Å². The third-order valence-electron chi connectivity index (χ3n) is 4.76. The molecule has 0 amide bonds. The van der Waals surface area contributed by atoms with Gasteiger partial charge in [-0.1, -0.05) is 35.9 Å². The minimum Gasteiger partial charge on any atom is -0.417 e. The highest BCUT2D eigenvalue weighted by molar-refractivity contribution is 5.83. The van der Waals surface area contributed by atoms with Crippen molar-refractivity contribution in [1.82, 2.24) is 14.6 Å². The van der Waals surface area contributed by atoms with Crippen LogP contribution < -0.4 is 0 Å². The van der Waals surface area contributed by atoms with Crippen molar-refractivity contribution in [1.29, 1.82) is 0 Å². The Morgan fingerprint density at radius 3 is 2.56 bits per heavy atom. The molecule has 0 atom stereocenters. The zero-order valence-electron chi connectivity index (χ0n) is 15.7. The molecule has 136 valence electrons. The Morgan fingerprint density at radius 2 is 1.81 bits per heavy atom. The van der Waals surface area contributed by atoms with Crippen molar-refractivity contribution in [2.24, 2.45) is 0 Å². The average molecular weight is 359 g/mol. The first-order valence-electron chi connectivity index (χ1n) is 8.98. The van der Waals surface area contributed by atoms with Crippen LogP contribution in [0.2, 0.25) is 0 Å². The van der Waals surface area contributed by atoms with Crippen molar-refractivity contribution in [2.45, 2.75) is 33.6 Å². The topological polar surface area (TPSA) is 60.4 Å². The van der Waals surface area contributed by atoms with E-state index in [1.165, 1.54) is 5.56 Å². The predicted octanol–water partition coefficient (Wildman–Crippen LogP) is 4.27. The molecule has 0 saturated carbocycles. The summed E-state index contributed by atoms with van der Waals surface area (Å²) in [5.41, 5.74) is 5.94. The van der Waals surface area contributed by atoms with Crippen LogP contribution in [0.5, 0.6) is 0 Å². The van der Waals surface area contributed by atoms with Crippen LogP contribution in [0.1, 0.15) is 28.1 Å². The Balaban J connectivity index is 1.47. The molecule has 0 aliphatic carbocycles. The van der Waals surface area contributed by atoms with Crippen LogP contribution in [-0.2, 0) is 17.6 Å². The molecule has 2 heterocycles. The average Bonchev–Trinajstić information content (AvgIpc) is 3.21. The molecule has 27 heavy (non-hydrogen) atoms. The van der Waals surface area contributed by atoms with E-state index in [2.05, 4.69) is 28.3 Å². The highest BCUT2D eigenvalue weighted by Crippen LogP contribution is 2.21. The minimum absolute atomic E-state index is 0.212. The number of carbonyl (C=O) groups is 1. The lowest BCUT2D eigenvalue weighted by Gasteiger charge is -2.07. The molecule has 0 N–H and O–H groups in total. The van der Waals surface area contributed by atoms with Gasteiger partial charge >= 0.3 is 0 Å². The molecule has 5 nitrogen and oxygen atoms in total. The Kier molecular flexibility index (Phi) is 4.36. The van der Waals surface area contributed by atoms with Gasteiger partial charge in [0, 0.05) is 18.4 Å². The number of hydrogen-bond donors (Lipinski definition) is 0. The summed E-state index contributed by atoms with van der Waals surface area (Å²) in [6, 6.07) is 14.0. The molecular formula is C22H21N3O2. The van der Waals surface area contributed by atoms with E-state index in [0.29, 0.717) is 24.4 Å². The summed E-state index contributed by atoms with van der Waals surface area (Å²) < 4.78 is 7.40. The standard InChI is InChI=1S/C22H21N3O2/c1-14-4-5-15(2)19(10-14)12-20(26)11-17-6-8-18(9-7-17)22-24-25-16(3)23-13-21(25)27-22/h4-10,13H,11-12H2,1-3H3. The lowest BCUT2D eigenvalue weighted by atomic mass is 9.97. The lowest BCUT2D eigenvalue weighted by molar-refractivity contribution is -0.117.